The van der Waals surface area contributed by atoms with Crippen molar-refractivity contribution in [3.63, 3.8) is 0 Å². The number of anilines is 1. The highest BCUT2D eigenvalue weighted by atomic mass is 32.1. The van der Waals surface area contributed by atoms with Crippen molar-refractivity contribution in [3.8, 4) is 0 Å². The zero-order chi connectivity index (χ0) is 14.5. The number of hydrogen-bond acceptors (Lipinski definition) is 4. The quantitative estimate of drug-likeness (QED) is 0.848. The molecule has 0 spiro atoms. The second kappa shape index (κ2) is 6.31. The van der Waals surface area contributed by atoms with Gasteiger partial charge >= 0.3 is 0 Å². The Balaban J connectivity index is 2.10. The first-order valence-electron chi connectivity index (χ1n) is 5.99. The van der Waals surface area contributed by atoms with E-state index < -0.39 is 0 Å². The first-order valence-corrected chi connectivity index (χ1v) is 6.87. The highest BCUT2D eigenvalue weighted by molar-refractivity contribution is 7.12. The van der Waals surface area contributed by atoms with Gasteiger partial charge in [-0.1, -0.05) is 12.1 Å². The normalized spacial score (nSPS) is 10.3. The fourth-order valence-electron chi connectivity index (χ4n) is 1.61. The van der Waals surface area contributed by atoms with Gasteiger partial charge in [-0.05, 0) is 29.6 Å². The molecule has 2 N–H and O–H groups in total. The summed E-state index contributed by atoms with van der Waals surface area (Å²) in [6, 6.07) is 10.4. The van der Waals surface area contributed by atoms with Crippen LogP contribution in [0.3, 0.4) is 0 Å². The number of nitrogens with zero attached hydrogens (tertiary/aromatic N) is 1. The lowest BCUT2D eigenvalue weighted by atomic mass is 10.2. The van der Waals surface area contributed by atoms with Crippen molar-refractivity contribution in [2.75, 3.05) is 19.4 Å². The Bertz CT molecular complexity index is 609. The van der Waals surface area contributed by atoms with Crippen molar-refractivity contribution in [2.45, 2.75) is 0 Å². The van der Waals surface area contributed by atoms with E-state index in [4.69, 9.17) is 0 Å². The number of hydrazine groups is 1. The maximum atomic E-state index is 11.9. The van der Waals surface area contributed by atoms with Gasteiger partial charge in [0.1, 0.15) is 0 Å². The Morgan fingerprint density at radius 2 is 1.90 bits per heavy atom. The van der Waals surface area contributed by atoms with E-state index >= 15 is 0 Å². The maximum Gasteiger partial charge on any atom is 0.265 e. The summed E-state index contributed by atoms with van der Waals surface area (Å²) < 4.78 is 0. The average Bonchev–Trinajstić information content (AvgIpc) is 2.92. The fourth-order valence-corrected chi connectivity index (χ4v) is 2.23. The van der Waals surface area contributed by atoms with Crippen LogP contribution in [-0.4, -0.2) is 30.9 Å². The van der Waals surface area contributed by atoms with Crippen LogP contribution in [0.5, 0.6) is 0 Å². The molecule has 104 valence electrons. The maximum absolute atomic E-state index is 11.9. The molecule has 0 fully saturated rings. The molecule has 1 heterocycles. The van der Waals surface area contributed by atoms with Crippen molar-refractivity contribution >= 4 is 28.8 Å². The predicted molar refractivity (Wildman–Crippen MR) is 79.9 cm³/mol. The van der Waals surface area contributed by atoms with Crippen LogP contribution in [0.25, 0.3) is 0 Å². The lowest BCUT2D eigenvalue weighted by molar-refractivity contribution is 0.0856. The summed E-state index contributed by atoms with van der Waals surface area (Å²) in [5.41, 5.74) is 3.73. The van der Waals surface area contributed by atoms with E-state index in [2.05, 4.69) is 10.7 Å². The molecule has 2 rings (SSSR count). The third-order valence-electron chi connectivity index (χ3n) is 2.45. The van der Waals surface area contributed by atoms with Crippen LogP contribution in [-0.2, 0) is 0 Å². The highest BCUT2D eigenvalue weighted by Gasteiger charge is 2.10. The molecule has 20 heavy (non-hydrogen) atoms. The van der Waals surface area contributed by atoms with E-state index in [1.165, 1.54) is 11.3 Å². The van der Waals surface area contributed by atoms with E-state index in [-0.39, 0.29) is 11.8 Å². The molecule has 0 unspecified atom stereocenters. The molecule has 0 saturated heterocycles. The molecule has 6 heteroatoms. The standard InChI is InChI=1S/C14H15N3O2S/c1-17(2)16-13(18)10-5-3-6-11(9-10)15-14(19)12-7-4-8-20-12/h3-9H,1-2H3,(H,15,19)(H,16,18). The number of carbonyl (C=O) groups excluding carboxylic acids is 2. The molecule has 0 radical (unpaired) electrons. The summed E-state index contributed by atoms with van der Waals surface area (Å²) in [5.74, 6) is -0.396. The van der Waals surface area contributed by atoms with Crippen molar-refractivity contribution in [1.29, 1.82) is 0 Å². The van der Waals surface area contributed by atoms with Gasteiger partial charge in [-0.3, -0.25) is 15.0 Å². The van der Waals surface area contributed by atoms with E-state index in [1.807, 2.05) is 11.4 Å². The van der Waals surface area contributed by atoms with Crippen LogP contribution >= 0.6 is 11.3 Å². The Morgan fingerprint density at radius 1 is 1.10 bits per heavy atom. The van der Waals surface area contributed by atoms with Crippen molar-refractivity contribution in [3.05, 3.63) is 52.2 Å². The highest BCUT2D eigenvalue weighted by Crippen LogP contribution is 2.14. The minimum Gasteiger partial charge on any atom is -0.321 e. The van der Waals surface area contributed by atoms with E-state index in [1.54, 1.807) is 49.4 Å². The summed E-state index contributed by atoms with van der Waals surface area (Å²) in [7, 11) is 3.47. The first-order chi connectivity index (χ1) is 9.56. The van der Waals surface area contributed by atoms with E-state index in [9.17, 15) is 9.59 Å². The van der Waals surface area contributed by atoms with Crippen LogP contribution in [0.1, 0.15) is 20.0 Å². The van der Waals surface area contributed by atoms with Gasteiger partial charge in [0.25, 0.3) is 11.8 Å². The van der Waals surface area contributed by atoms with E-state index in [0.29, 0.717) is 16.1 Å². The summed E-state index contributed by atoms with van der Waals surface area (Å²) in [6.45, 7) is 0. The Morgan fingerprint density at radius 3 is 2.55 bits per heavy atom. The van der Waals surface area contributed by atoms with Crippen molar-refractivity contribution < 1.29 is 9.59 Å². The largest absolute Gasteiger partial charge is 0.321 e. The molecule has 1 aromatic heterocycles. The lowest BCUT2D eigenvalue weighted by Crippen LogP contribution is -2.36. The zero-order valence-electron chi connectivity index (χ0n) is 11.2. The Kier molecular flexibility index (Phi) is 4.49. The number of hydrogen-bond donors (Lipinski definition) is 2. The number of rotatable bonds is 4. The molecule has 0 aliphatic carbocycles. The number of amides is 2. The first kappa shape index (κ1) is 14.2. The van der Waals surface area contributed by atoms with Gasteiger partial charge in [0, 0.05) is 25.3 Å². The van der Waals surface area contributed by atoms with Gasteiger partial charge < -0.3 is 5.32 Å². The second-order valence-corrected chi connectivity index (χ2v) is 5.30. The predicted octanol–water partition coefficient (Wildman–Crippen LogP) is 2.21. The minimum atomic E-state index is -0.220. The third-order valence-corrected chi connectivity index (χ3v) is 3.32. The van der Waals surface area contributed by atoms with Crippen LogP contribution in [0, 0.1) is 0 Å². The molecule has 1 aromatic carbocycles. The summed E-state index contributed by atoms with van der Waals surface area (Å²) in [5, 5.41) is 6.18. The summed E-state index contributed by atoms with van der Waals surface area (Å²) in [4.78, 5) is 24.4. The van der Waals surface area contributed by atoms with Crippen LogP contribution in [0.2, 0.25) is 0 Å². The molecule has 0 atom stereocenters. The monoisotopic (exact) mass is 289 g/mol. The number of nitrogens with one attached hydrogen (secondary N) is 2. The third kappa shape index (κ3) is 3.66. The molecule has 5 nitrogen and oxygen atoms in total. The molecule has 2 aromatic rings. The smallest absolute Gasteiger partial charge is 0.265 e. The van der Waals surface area contributed by atoms with Gasteiger partial charge in [0.05, 0.1) is 4.88 Å². The number of benzene rings is 1. The van der Waals surface area contributed by atoms with Crippen LogP contribution < -0.4 is 10.7 Å². The summed E-state index contributed by atoms with van der Waals surface area (Å²) in [6.07, 6.45) is 0. The topological polar surface area (TPSA) is 61.4 Å². The Labute approximate surface area is 121 Å². The summed E-state index contributed by atoms with van der Waals surface area (Å²) >= 11 is 1.37. The van der Waals surface area contributed by atoms with Gasteiger partial charge in [0.2, 0.25) is 0 Å². The molecule has 0 aliphatic heterocycles. The fraction of sp³-hybridized carbons (Fsp3) is 0.143. The van der Waals surface area contributed by atoms with Gasteiger partial charge in [-0.25, -0.2) is 5.01 Å². The second-order valence-electron chi connectivity index (χ2n) is 4.35. The van der Waals surface area contributed by atoms with Crippen molar-refractivity contribution in [2.24, 2.45) is 0 Å². The molecule has 0 aliphatic rings. The number of thiophene rings is 1. The molecule has 2 amide bonds. The molecule has 0 bridgehead atoms. The average molecular weight is 289 g/mol. The van der Waals surface area contributed by atoms with E-state index in [0.717, 1.165) is 0 Å². The molecule has 0 saturated carbocycles. The lowest BCUT2D eigenvalue weighted by Gasteiger charge is -2.12. The van der Waals surface area contributed by atoms with Crippen molar-refractivity contribution in [1.82, 2.24) is 10.4 Å². The molecular formula is C14H15N3O2S. The van der Waals surface area contributed by atoms with Crippen LogP contribution in [0.15, 0.2) is 41.8 Å². The van der Waals surface area contributed by atoms with Crippen LogP contribution in [0.4, 0.5) is 5.69 Å². The SMILES string of the molecule is CN(C)NC(=O)c1cccc(NC(=O)c2cccs2)c1. The molecular weight excluding hydrogens is 274 g/mol. The van der Waals surface area contributed by atoms with Gasteiger partial charge in [-0.2, -0.15) is 0 Å². The van der Waals surface area contributed by atoms with Gasteiger partial charge in [0.15, 0.2) is 0 Å². The zero-order valence-corrected chi connectivity index (χ0v) is 12.0. The Hall–Kier alpha value is -2.18. The minimum absolute atomic E-state index is 0.176. The number of carbonyl (C=O) groups is 2. The van der Waals surface area contributed by atoms with Gasteiger partial charge in [-0.15, -0.1) is 11.3 Å².